The smallest absolute Gasteiger partial charge is 0.253 e. The highest BCUT2D eigenvalue weighted by Gasteiger charge is 2.50. The molecule has 5 heteroatoms. The highest BCUT2D eigenvalue weighted by Crippen LogP contribution is 2.59. The van der Waals surface area contributed by atoms with Crippen molar-refractivity contribution in [2.75, 3.05) is 6.54 Å². The van der Waals surface area contributed by atoms with Crippen LogP contribution in [0.1, 0.15) is 62.7 Å². The van der Waals surface area contributed by atoms with Crippen LogP contribution in [-0.2, 0) is 4.79 Å². The van der Waals surface area contributed by atoms with Gasteiger partial charge in [0.25, 0.3) is 5.91 Å². The van der Waals surface area contributed by atoms with E-state index < -0.39 is 6.04 Å². The molecule has 4 nitrogen and oxygen atoms in total. The molecule has 2 amide bonds. The number of benzene rings is 1. The van der Waals surface area contributed by atoms with Gasteiger partial charge in [-0.15, -0.1) is 0 Å². The number of hydrogen-bond acceptors (Lipinski definition) is 2. The third kappa shape index (κ3) is 3.94. The minimum atomic E-state index is -0.558. The average molecular weight is 403 g/mol. The molecule has 0 radical (unpaired) electrons. The van der Waals surface area contributed by atoms with E-state index in [1.807, 2.05) is 13.8 Å². The van der Waals surface area contributed by atoms with Crippen molar-refractivity contribution < 1.29 is 9.59 Å². The minimum Gasteiger partial charge on any atom is -0.354 e. The Bertz CT molecular complexity index is 725. The highest BCUT2D eigenvalue weighted by atomic mass is 35.5. The Morgan fingerprint density at radius 1 is 1.07 bits per heavy atom. The molecule has 2 N–H and O–H groups in total. The Morgan fingerprint density at radius 2 is 1.64 bits per heavy atom. The molecule has 0 spiro atoms. The predicted octanol–water partition coefficient (Wildman–Crippen LogP) is 4.43. The summed E-state index contributed by atoms with van der Waals surface area (Å²) in [6, 6.07) is 6.38. The van der Waals surface area contributed by atoms with Crippen LogP contribution < -0.4 is 10.6 Å². The zero-order chi connectivity index (χ0) is 19.9. The first kappa shape index (κ1) is 19.8. The molecule has 4 fully saturated rings. The summed E-state index contributed by atoms with van der Waals surface area (Å²) in [6.45, 7) is 4.67. The van der Waals surface area contributed by atoms with E-state index in [2.05, 4.69) is 10.6 Å². The Kier molecular flexibility index (Phi) is 5.43. The second kappa shape index (κ2) is 7.70. The van der Waals surface area contributed by atoms with E-state index in [0.29, 0.717) is 16.0 Å². The number of hydrogen-bond donors (Lipinski definition) is 2. The van der Waals surface area contributed by atoms with Crippen LogP contribution in [0.4, 0.5) is 0 Å². The van der Waals surface area contributed by atoms with Gasteiger partial charge in [0.2, 0.25) is 5.91 Å². The lowest BCUT2D eigenvalue weighted by atomic mass is 9.49. The molecular formula is C23H31ClN2O2. The molecule has 152 valence electrons. The third-order valence-corrected chi connectivity index (χ3v) is 7.49. The number of carbonyl (C=O) groups excluding carboxylic acids is 2. The molecule has 28 heavy (non-hydrogen) atoms. The molecule has 4 aliphatic rings. The molecule has 5 rings (SSSR count). The second-order valence-corrected chi connectivity index (χ2v) is 10.2. The predicted molar refractivity (Wildman–Crippen MR) is 111 cm³/mol. The van der Waals surface area contributed by atoms with Crippen molar-refractivity contribution in [2.24, 2.45) is 29.1 Å². The van der Waals surface area contributed by atoms with Gasteiger partial charge >= 0.3 is 0 Å². The molecule has 4 saturated carbocycles. The molecule has 1 aromatic rings. The van der Waals surface area contributed by atoms with Crippen LogP contribution in [0.5, 0.6) is 0 Å². The van der Waals surface area contributed by atoms with Crippen LogP contribution >= 0.6 is 11.6 Å². The quantitative estimate of drug-likeness (QED) is 0.739. The first-order valence-corrected chi connectivity index (χ1v) is 11.1. The van der Waals surface area contributed by atoms with Crippen molar-refractivity contribution in [3.8, 4) is 0 Å². The van der Waals surface area contributed by atoms with Gasteiger partial charge in [0.1, 0.15) is 6.04 Å². The molecule has 4 aliphatic carbocycles. The maximum absolute atomic E-state index is 13.0. The number of halogens is 1. The fourth-order valence-electron chi connectivity index (χ4n) is 6.29. The fourth-order valence-corrected chi connectivity index (χ4v) is 6.51. The van der Waals surface area contributed by atoms with Gasteiger partial charge in [-0.1, -0.05) is 37.6 Å². The summed E-state index contributed by atoms with van der Waals surface area (Å²) in [4.78, 5) is 25.6. The molecular weight excluding hydrogens is 372 g/mol. The minimum absolute atomic E-state index is 0.00259. The van der Waals surface area contributed by atoms with Crippen LogP contribution in [0.2, 0.25) is 5.02 Å². The fraction of sp³-hybridized carbons (Fsp3) is 0.652. The van der Waals surface area contributed by atoms with Crippen LogP contribution in [0.3, 0.4) is 0 Å². The largest absolute Gasteiger partial charge is 0.354 e. The molecule has 0 heterocycles. The average Bonchev–Trinajstić information content (AvgIpc) is 2.63. The summed E-state index contributed by atoms with van der Waals surface area (Å²) >= 11 is 6.14. The van der Waals surface area contributed by atoms with Gasteiger partial charge in [-0.05, 0) is 79.7 Å². The Labute approximate surface area is 172 Å². The van der Waals surface area contributed by atoms with Crippen molar-refractivity contribution in [3.05, 3.63) is 34.9 Å². The summed E-state index contributed by atoms with van der Waals surface area (Å²) in [6.07, 6.45) is 7.98. The van der Waals surface area contributed by atoms with Crippen LogP contribution in [0.15, 0.2) is 24.3 Å². The summed E-state index contributed by atoms with van der Waals surface area (Å²) in [5.41, 5.74) is 0.697. The zero-order valence-corrected chi connectivity index (χ0v) is 17.6. The lowest BCUT2D eigenvalue weighted by Gasteiger charge is -2.57. The molecule has 1 atom stereocenters. The van der Waals surface area contributed by atoms with Crippen LogP contribution in [-0.4, -0.2) is 24.4 Å². The first-order chi connectivity index (χ1) is 13.3. The monoisotopic (exact) mass is 402 g/mol. The summed E-state index contributed by atoms with van der Waals surface area (Å²) in [5, 5.41) is 6.50. The van der Waals surface area contributed by atoms with Crippen molar-refractivity contribution in [2.45, 2.75) is 58.4 Å². The van der Waals surface area contributed by atoms with E-state index in [4.69, 9.17) is 11.6 Å². The molecule has 0 aromatic heterocycles. The van der Waals surface area contributed by atoms with Crippen molar-refractivity contribution >= 4 is 23.4 Å². The Balaban J connectivity index is 1.39. The Hall–Kier alpha value is -1.55. The summed E-state index contributed by atoms with van der Waals surface area (Å²) in [7, 11) is 0. The van der Waals surface area contributed by atoms with E-state index in [9.17, 15) is 9.59 Å². The topological polar surface area (TPSA) is 58.2 Å². The van der Waals surface area contributed by atoms with Gasteiger partial charge in [-0.2, -0.15) is 0 Å². The van der Waals surface area contributed by atoms with E-state index in [1.54, 1.807) is 24.3 Å². The van der Waals surface area contributed by atoms with E-state index in [-0.39, 0.29) is 17.7 Å². The molecule has 4 bridgehead atoms. The Morgan fingerprint density at radius 3 is 2.18 bits per heavy atom. The molecule has 1 unspecified atom stereocenters. The van der Waals surface area contributed by atoms with Gasteiger partial charge in [0, 0.05) is 6.54 Å². The second-order valence-electron chi connectivity index (χ2n) is 9.81. The summed E-state index contributed by atoms with van der Waals surface area (Å²) in [5.74, 6) is 2.22. The van der Waals surface area contributed by atoms with E-state index in [0.717, 1.165) is 24.3 Å². The van der Waals surface area contributed by atoms with Crippen molar-refractivity contribution in [1.29, 1.82) is 0 Å². The maximum atomic E-state index is 13.0. The van der Waals surface area contributed by atoms with Gasteiger partial charge in [-0.3, -0.25) is 9.59 Å². The van der Waals surface area contributed by atoms with Crippen LogP contribution in [0, 0.1) is 29.1 Å². The summed E-state index contributed by atoms with van der Waals surface area (Å²) < 4.78 is 0. The maximum Gasteiger partial charge on any atom is 0.253 e. The van der Waals surface area contributed by atoms with Gasteiger partial charge in [0.15, 0.2) is 0 Å². The number of nitrogens with one attached hydrogen (secondary N) is 2. The number of rotatable bonds is 6. The highest BCUT2D eigenvalue weighted by molar-refractivity contribution is 6.33. The number of amides is 2. The third-order valence-electron chi connectivity index (χ3n) is 7.16. The molecule has 0 aliphatic heterocycles. The van der Waals surface area contributed by atoms with Crippen LogP contribution in [0.25, 0.3) is 0 Å². The SMILES string of the molecule is CC(C)C(NC(=O)c1ccccc1Cl)C(=O)NCC12CC3CC(CC(C3)C1)C2. The molecule has 0 saturated heterocycles. The molecule has 1 aromatic carbocycles. The standard InChI is InChI=1S/C23H31ClN2O2/c1-14(2)20(26-21(27)18-5-3-4-6-19(18)24)22(28)25-13-23-10-15-7-16(11-23)9-17(8-15)12-23/h3-6,14-17,20H,7-13H2,1-2H3,(H,25,28)(H,26,27). The van der Waals surface area contributed by atoms with Gasteiger partial charge in [-0.25, -0.2) is 0 Å². The van der Waals surface area contributed by atoms with E-state index >= 15 is 0 Å². The van der Waals surface area contributed by atoms with E-state index in [1.165, 1.54) is 38.5 Å². The van der Waals surface area contributed by atoms with Gasteiger partial charge in [0.05, 0.1) is 10.6 Å². The zero-order valence-electron chi connectivity index (χ0n) is 16.8. The lowest BCUT2D eigenvalue weighted by molar-refractivity contribution is -0.126. The number of carbonyl (C=O) groups is 2. The van der Waals surface area contributed by atoms with Crippen molar-refractivity contribution in [3.63, 3.8) is 0 Å². The first-order valence-electron chi connectivity index (χ1n) is 10.7. The normalized spacial score (nSPS) is 31.6. The van der Waals surface area contributed by atoms with Crippen molar-refractivity contribution in [1.82, 2.24) is 10.6 Å². The lowest BCUT2D eigenvalue weighted by Crippen LogP contribution is -2.55. The van der Waals surface area contributed by atoms with Gasteiger partial charge < -0.3 is 10.6 Å².